The van der Waals surface area contributed by atoms with Gasteiger partial charge in [0.25, 0.3) is 0 Å². The van der Waals surface area contributed by atoms with Gasteiger partial charge in [-0.15, -0.1) is 0 Å². The maximum absolute atomic E-state index is 6.22. The molecule has 92 valence electrons. The minimum absolute atomic E-state index is 0.390. The fraction of sp³-hybridized carbons (Fsp3) is 0.429. The van der Waals surface area contributed by atoms with Crippen molar-refractivity contribution in [1.29, 1.82) is 0 Å². The molecule has 0 amide bonds. The Morgan fingerprint density at radius 2 is 1.12 bits per heavy atom. The van der Waals surface area contributed by atoms with Crippen molar-refractivity contribution >= 4 is 19.2 Å². The van der Waals surface area contributed by atoms with Crippen LogP contribution in [0.3, 0.4) is 0 Å². The van der Waals surface area contributed by atoms with Crippen LogP contribution in [0.1, 0.15) is 13.8 Å². The van der Waals surface area contributed by atoms with Crippen LogP contribution in [-0.4, -0.2) is 32.4 Å². The van der Waals surface area contributed by atoms with E-state index in [0.717, 1.165) is 13.2 Å². The molecule has 0 unspecified atom stereocenters. The summed E-state index contributed by atoms with van der Waals surface area (Å²) in [6.07, 6.45) is 17.4. The van der Waals surface area contributed by atoms with Crippen molar-refractivity contribution in [3.63, 3.8) is 0 Å². The Hall–Kier alpha value is -0.321. The Kier molecular flexibility index (Phi) is 4.65. The first-order chi connectivity index (χ1) is 8.33. The monoisotopic (exact) mass is 340 g/mol. The molecule has 0 saturated carbocycles. The van der Waals surface area contributed by atoms with E-state index in [1.807, 2.05) is 0 Å². The van der Waals surface area contributed by atoms with Crippen molar-refractivity contribution in [3.8, 4) is 0 Å². The first-order valence-electron chi connectivity index (χ1n) is 6.31. The van der Waals surface area contributed by atoms with Crippen LogP contribution in [0.5, 0.6) is 0 Å². The number of hydrogen-bond acceptors (Lipinski definition) is 2. The van der Waals surface area contributed by atoms with Gasteiger partial charge in [-0.2, -0.15) is 0 Å². The second-order valence-corrected chi connectivity index (χ2v) is 13.7. The molecule has 2 nitrogen and oxygen atoms in total. The summed E-state index contributed by atoms with van der Waals surface area (Å²) >= 11 is -3.14. The molecule has 0 radical (unpaired) electrons. The number of rotatable bonds is 6. The summed E-state index contributed by atoms with van der Waals surface area (Å²) in [6.45, 7) is 5.61. The maximum atomic E-state index is 6.22. The standard InChI is InChI=1S/2C5H5.2C2H5O.Sn/c2*1-2-4-5-3-1;2*1-2-3;/h2*1-5H;2*2H2,1H3;/q;;2*-1;+2. The zero-order valence-electron chi connectivity index (χ0n) is 10.5. The van der Waals surface area contributed by atoms with Gasteiger partial charge in [0.1, 0.15) is 0 Å². The molecule has 0 bridgehead atoms. The van der Waals surface area contributed by atoms with E-state index < -0.39 is 19.2 Å². The molecule has 0 aromatic rings. The summed E-state index contributed by atoms with van der Waals surface area (Å²) in [7, 11) is 0. The van der Waals surface area contributed by atoms with Crippen LogP contribution in [0.15, 0.2) is 48.6 Å². The van der Waals surface area contributed by atoms with Crippen molar-refractivity contribution in [3.05, 3.63) is 48.6 Å². The molecule has 0 atom stereocenters. The SMILES string of the molecule is CC[O][Sn]([O]CC)([CH]1C=CC=C1)[CH]1C=CC=C1. The molecule has 0 aromatic carbocycles. The van der Waals surface area contributed by atoms with Gasteiger partial charge in [-0.05, 0) is 0 Å². The minimum atomic E-state index is -3.14. The van der Waals surface area contributed by atoms with E-state index >= 15 is 0 Å². The summed E-state index contributed by atoms with van der Waals surface area (Å²) in [5.41, 5.74) is 0. The van der Waals surface area contributed by atoms with Crippen LogP contribution in [-0.2, 0) is 6.15 Å². The van der Waals surface area contributed by atoms with E-state index in [2.05, 4.69) is 62.5 Å². The van der Waals surface area contributed by atoms with Gasteiger partial charge in [0.15, 0.2) is 0 Å². The average molecular weight is 339 g/mol. The molecule has 0 spiro atoms. The van der Waals surface area contributed by atoms with Gasteiger partial charge in [-0.3, -0.25) is 0 Å². The molecule has 17 heavy (non-hydrogen) atoms. The Morgan fingerprint density at radius 3 is 1.41 bits per heavy atom. The van der Waals surface area contributed by atoms with Crippen LogP contribution in [0.2, 0.25) is 7.87 Å². The molecule has 2 aliphatic carbocycles. The molecule has 0 aliphatic heterocycles. The Bertz CT molecular complexity index is 308. The first-order valence-corrected chi connectivity index (χ1v) is 11.9. The Labute approximate surface area is 109 Å². The zero-order valence-corrected chi connectivity index (χ0v) is 13.4. The van der Waals surface area contributed by atoms with Gasteiger partial charge in [0.05, 0.1) is 0 Å². The third-order valence-electron chi connectivity index (χ3n) is 3.17. The van der Waals surface area contributed by atoms with Crippen LogP contribution in [0, 0.1) is 0 Å². The molecule has 2 aliphatic rings. The zero-order chi connectivity index (χ0) is 12.1. The first kappa shape index (κ1) is 13.1. The third kappa shape index (κ3) is 2.59. The summed E-state index contributed by atoms with van der Waals surface area (Å²) in [6, 6.07) is 0. The predicted molar refractivity (Wildman–Crippen MR) is 73.1 cm³/mol. The van der Waals surface area contributed by atoms with Gasteiger partial charge in [-0.1, -0.05) is 0 Å². The number of hydrogen-bond donors (Lipinski definition) is 0. The summed E-state index contributed by atoms with van der Waals surface area (Å²) < 4.78 is 13.2. The Morgan fingerprint density at radius 1 is 0.765 bits per heavy atom. The molecule has 0 fully saturated rings. The van der Waals surface area contributed by atoms with E-state index in [1.165, 1.54) is 0 Å². The predicted octanol–water partition coefficient (Wildman–Crippen LogP) is 3.49. The normalized spacial score (nSPS) is 19.9. The topological polar surface area (TPSA) is 18.5 Å². The quantitative estimate of drug-likeness (QED) is 0.690. The second kappa shape index (κ2) is 6.03. The van der Waals surface area contributed by atoms with Gasteiger partial charge < -0.3 is 0 Å². The van der Waals surface area contributed by atoms with E-state index in [1.54, 1.807) is 0 Å². The van der Waals surface area contributed by atoms with Crippen molar-refractivity contribution < 1.29 is 6.15 Å². The summed E-state index contributed by atoms with van der Waals surface area (Å²) in [5, 5.41) is 0. The van der Waals surface area contributed by atoms with Crippen molar-refractivity contribution in [2.24, 2.45) is 0 Å². The molecule has 0 heterocycles. The van der Waals surface area contributed by atoms with Crippen LogP contribution in [0.25, 0.3) is 0 Å². The van der Waals surface area contributed by atoms with Gasteiger partial charge in [0.2, 0.25) is 0 Å². The van der Waals surface area contributed by atoms with E-state index in [0.29, 0.717) is 7.87 Å². The van der Waals surface area contributed by atoms with E-state index in [-0.39, 0.29) is 0 Å². The molecule has 0 saturated heterocycles. The average Bonchev–Trinajstić information content (AvgIpc) is 3.02. The van der Waals surface area contributed by atoms with Gasteiger partial charge >= 0.3 is 109 Å². The molecule has 0 aromatic heterocycles. The second-order valence-electron chi connectivity index (χ2n) is 4.18. The van der Waals surface area contributed by atoms with E-state index in [9.17, 15) is 0 Å². The number of allylic oxidation sites excluding steroid dienone is 8. The van der Waals surface area contributed by atoms with Crippen molar-refractivity contribution in [2.45, 2.75) is 21.7 Å². The van der Waals surface area contributed by atoms with E-state index in [4.69, 9.17) is 6.15 Å². The van der Waals surface area contributed by atoms with Gasteiger partial charge in [-0.25, -0.2) is 0 Å². The molecular formula is C14H20O2Sn. The third-order valence-corrected chi connectivity index (χ3v) is 14.9. The fourth-order valence-corrected chi connectivity index (χ4v) is 13.1. The fourth-order valence-electron chi connectivity index (χ4n) is 2.50. The van der Waals surface area contributed by atoms with Gasteiger partial charge in [0, 0.05) is 0 Å². The summed E-state index contributed by atoms with van der Waals surface area (Å²) in [4.78, 5) is 0. The van der Waals surface area contributed by atoms with Crippen molar-refractivity contribution in [2.75, 3.05) is 13.2 Å². The van der Waals surface area contributed by atoms with Crippen LogP contribution >= 0.6 is 0 Å². The molecular weight excluding hydrogens is 319 g/mol. The summed E-state index contributed by atoms with van der Waals surface area (Å²) in [5.74, 6) is 0. The Balaban J connectivity index is 2.30. The molecule has 0 N–H and O–H groups in total. The van der Waals surface area contributed by atoms with Crippen molar-refractivity contribution in [1.82, 2.24) is 0 Å². The molecule has 3 heteroatoms. The van der Waals surface area contributed by atoms with Crippen LogP contribution < -0.4 is 0 Å². The molecule has 2 rings (SSSR count). The van der Waals surface area contributed by atoms with Crippen LogP contribution in [0.4, 0.5) is 0 Å².